The van der Waals surface area contributed by atoms with Crippen LogP contribution in [0.5, 0.6) is 0 Å². The van der Waals surface area contributed by atoms with Gasteiger partial charge in [-0.05, 0) is 33.1 Å². The van der Waals surface area contributed by atoms with Crippen LogP contribution in [-0.4, -0.2) is 49.2 Å². The van der Waals surface area contributed by atoms with Gasteiger partial charge in [0.15, 0.2) is 0 Å². The van der Waals surface area contributed by atoms with E-state index in [1.165, 1.54) is 0 Å². The molecule has 0 radical (unpaired) electrons. The number of hydrogen-bond donors (Lipinski definition) is 1. The Labute approximate surface area is 104 Å². The monoisotopic (exact) mass is 240 g/mol. The number of rotatable bonds is 2. The van der Waals surface area contributed by atoms with Crippen molar-refractivity contribution in [2.24, 2.45) is 5.92 Å². The lowest BCUT2D eigenvalue weighted by Crippen LogP contribution is -2.49. The van der Waals surface area contributed by atoms with Gasteiger partial charge < -0.3 is 15.0 Å². The summed E-state index contributed by atoms with van der Waals surface area (Å²) in [5.74, 6) is 0.441. The van der Waals surface area contributed by atoms with Crippen LogP contribution < -0.4 is 5.32 Å². The summed E-state index contributed by atoms with van der Waals surface area (Å²) in [6.07, 6.45) is 3.26. The molecule has 0 spiro atoms. The third-order valence-electron chi connectivity index (χ3n) is 4.19. The molecule has 98 valence electrons. The zero-order valence-electron chi connectivity index (χ0n) is 11.1. The molecule has 2 heterocycles. The summed E-state index contributed by atoms with van der Waals surface area (Å²) in [5.41, 5.74) is 0. The number of likely N-dealkylation sites (N-methyl/N-ethyl adjacent to an activating group) is 1. The molecule has 4 heteroatoms. The molecule has 2 fully saturated rings. The van der Waals surface area contributed by atoms with Gasteiger partial charge in [-0.3, -0.25) is 4.79 Å². The highest BCUT2D eigenvalue weighted by Gasteiger charge is 2.34. The molecule has 4 atom stereocenters. The summed E-state index contributed by atoms with van der Waals surface area (Å²) in [5, 5.41) is 3.39. The Bertz CT molecular complexity index is 275. The van der Waals surface area contributed by atoms with Gasteiger partial charge in [-0.15, -0.1) is 0 Å². The van der Waals surface area contributed by atoms with Crippen LogP contribution in [0.25, 0.3) is 0 Å². The standard InChI is InChI=1S/C13H24N2O2/c1-9-4-5-11(8-14-9)13(16)15(3)12-6-7-17-10(12)2/h9-12,14H,4-8H2,1-3H3. The van der Waals surface area contributed by atoms with Crippen LogP contribution in [0, 0.1) is 5.92 Å². The van der Waals surface area contributed by atoms with Crippen molar-refractivity contribution < 1.29 is 9.53 Å². The number of carbonyl (C=O) groups excluding carboxylic acids is 1. The van der Waals surface area contributed by atoms with E-state index >= 15 is 0 Å². The molecule has 4 unspecified atom stereocenters. The number of piperidine rings is 1. The fourth-order valence-corrected chi connectivity index (χ4v) is 2.89. The van der Waals surface area contributed by atoms with Crippen LogP contribution in [-0.2, 0) is 9.53 Å². The zero-order valence-corrected chi connectivity index (χ0v) is 11.1. The first-order valence-corrected chi connectivity index (χ1v) is 6.71. The molecule has 1 N–H and O–H groups in total. The quantitative estimate of drug-likeness (QED) is 0.783. The zero-order chi connectivity index (χ0) is 12.4. The van der Waals surface area contributed by atoms with Gasteiger partial charge in [0.25, 0.3) is 0 Å². The number of hydrogen-bond acceptors (Lipinski definition) is 3. The normalized spacial score (nSPS) is 38.1. The Hall–Kier alpha value is -0.610. The predicted octanol–water partition coefficient (Wildman–Crippen LogP) is 1.01. The minimum Gasteiger partial charge on any atom is -0.376 e. The van der Waals surface area contributed by atoms with Crippen LogP contribution in [0.3, 0.4) is 0 Å². The van der Waals surface area contributed by atoms with Crippen molar-refractivity contribution >= 4 is 5.91 Å². The fourth-order valence-electron chi connectivity index (χ4n) is 2.89. The summed E-state index contributed by atoms with van der Waals surface area (Å²) in [6.45, 7) is 5.84. The molecule has 2 aliphatic heterocycles. The molecule has 1 amide bonds. The first-order valence-electron chi connectivity index (χ1n) is 6.71. The summed E-state index contributed by atoms with van der Waals surface area (Å²) in [4.78, 5) is 14.3. The van der Waals surface area contributed by atoms with Gasteiger partial charge in [-0.2, -0.15) is 0 Å². The predicted molar refractivity (Wildman–Crippen MR) is 66.8 cm³/mol. The second-order valence-corrected chi connectivity index (χ2v) is 5.46. The molecule has 0 aromatic heterocycles. The second-order valence-electron chi connectivity index (χ2n) is 5.46. The van der Waals surface area contributed by atoms with Gasteiger partial charge in [-0.25, -0.2) is 0 Å². The number of ether oxygens (including phenoxy) is 1. The highest BCUT2D eigenvalue weighted by Crippen LogP contribution is 2.22. The van der Waals surface area contributed by atoms with E-state index in [1.54, 1.807) is 0 Å². The number of nitrogens with zero attached hydrogens (tertiary/aromatic N) is 1. The van der Waals surface area contributed by atoms with E-state index in [1.807, 2.05) is 11.9 Å². The molecule has 2 saturated heterocycles. The van der Waals surface area contributed by atoms with Gasteiger partial charge in [0.1, 0.15) is 0 Å². The summed E-state index contributed by atoms with van der Waals surface area (Å²) >= 11 is 0. The highest BCUT2D eigenvalue weighted by atomic mass is 16.5. The van der Waals surface area contributed by atoms with Gasteiger partial charge in [0.05, 0.1) is 18.1 Å². The molecule has 0 saturated carbocycles. The lowest BCUT2D eigenvalue weighted by atomic mass is 9.93. The Morgan fingerprint density at radius 1 is 1.29 bits per heavy atom. The van der Waals surface area contributed by atoms with Crippen molar-refractivity contribution in [2.75, 3.05) is 20.2 Å². The van der Waals surface area contributed by atoms with Crippen LogP contribution >= 0.6 is 0 Å². The minimum atomic E-state index is 0.156. The van der Waals surface area contributed by atoms with E-state index in [0.29, 0.717) is 6.04 Å². The fraction of sp³-hybridized carbons (Fsp3) is 0.923. The Morgan fingerprint density at radius 3 is 2.59 bits per heavy atom. The molecule has 2 rings (SSSR count). The molecule has 17 heavy (non-hydrogen) atoms. The summed E-state index contributed by atoms with van der Waals surface area (Å²) < 4.78 is 5.53. The first-order chi connectivity index (χ1) is 8.09. The van der Waals surface area contributed by atoms with Crippen molar-refractivity contribution in [3.63, 3.8) is 0 Å². The molecular weight excluding hydrogens is 216 g/mol. The van der Waals surface area contributed by atoms with Crippen LogP contribution in [0.2, 0.25) is 0 Å². The van der Waals surface area contributed by atoms with Crippen LogP contribution in [0.4, 0.5) is 0 Å². The average molecular weight is 240 g/mol. The number of carbonyl (C=O) groups is 1. The Morgan fingerprint density at radius 2 is 2.06 bits per heavy atom. The van der Waals surface area contributed by atoms with E-state index in [4.69, 9.17) is 4.74 Å². The molecule has 0 aliphatic carbocycles. The van der Waals surface area contributed by atoms with Crippen molar-refractivity contribution in [1.82, 2.24) is 10.2 Å². The largest absolute Gasteiger partial charge is 0.376 e. The van der Waals surface area contributed by atoms with Gasteiger partial charge in [-0.1, -0.05) is 0 Å². The lowest BCUT2D eigenvalue weighted by molar-refractivity contribution is -0.138. The summed E-state index contributed by atoms with van der Waals surface area (Å²) in [7, 11) is 1.93. The maximum absolute atomic E-state index is 12.4. The first kappa shape index (κ1) is 12.8. The van der Waals surface area contributed by atoms with Crippen molar-refractivity contribution in [1.29, 1.82) is 0 Å². The van der Waals surface area contributed by atoms with Gasteiger partial charge in [0, 0.05) is 26.2 Å². The number of nitrogens with one attached hydrogen (secondary N) is 1. The molecule has 0 aromatic carbocycles. The molecule has 0 aromatic rings. The topological polar surface area (TPSA) is 41.6 Å². The van der Waals surface area contributed by atoms with Crippen LogP contribution in [0.1, 0.15) is 33.1 Å². The Kier molecular flexibility index (Phi) is 4.05. The third kappa shape index (κ3) is 2.80. The van der Waals surface area contributed by atoms with Gasteiger partial charge in [0.2, 0.25) is 5.91 Å². The van der Waals surface area contributed by atoms with Crippen molar-refractivity contribution in [3.05, 3.63) is 0 Å². The maximum atomic E-state index is 12.4. The van der Waals surface area contributed by atoms with Gasteiger partial charge >= 0.3 is 0 Å². The minimum absolute atomic E-state index is 0.156. The number of amides is 1. The molecular formula is C13H24N2O2. The van der Waals surface area contributed by atoms with E-state index < -0.39 is 0 Å². The van der Waals surface area contributed by atoms with E-state index in [0.717, 1.165) is 32.4 Å². The molecule has 4 nitrogen and oxygen atoms in total. The second kappa shape index (κ2) is 5.36. The molecule has 2 aliphatic rings. The lowest BCUT2D eigenvalue weighted by Gasteiger charge is -2.33. The van der Waals surface area contributed by atoms with Crippen LogP contribution in [0.15, 0.2) is 0 Å². The van der Waals surface area contributed by atoms with Crippen molar-refractivity contribution in [3.8, 4) is 0 Å². The summed E-state index contributed by atoms with van der Waals surface area (Å²) in [6, 6.07) is 0.819. The smallest absolute Gasteiger partial charge is 0.227 e. The highest BCUT2D eigenvalue weighted by molar-refractivity contribution is 5.79. The van der Waals surface area contributed by atoms with E-state index in [9.17, 15) is 4.79 Å². The van der Waals surface area contributed by atoms with Crippen molar-refractivity contribution in [2.45, 2.75) is 51.3 Å². The Balaban J connectivity index is 1.90. The molecule has 0 bridgehead atoms. The third-order valence-corrected chi connectivity index (χ3v) is 4.19. The van der Waals surface area contributed by atoms with E-state index in [2.05, 4.69) is 19.2 Å². The maximum Gasteiger partial charge on any atom is 0.227 e. The average Bonchev–Trinajstić information content (AvgIpc) is 2.74. The van der Waals surface area contributed by atoms with E-state index in [-0.39, 0.29) is 24.0 Å². The SMILES string of the molecule is CC1CCC(C(=O)N(C)C2CCOC2C)CN1.